The minimum Gasteiger partial charge on any atom is -0.325 e. The molecule has 0 radical (unpaired) electrons. The van der Waals surface area contributed by atoms with Gasteiger partial charge in [0.05, 0.1) is 0 Å². The number of rotatable bonds is 7. The van der Waals surface area contributed by atoms with E-state index in [4.69, 9.17) is 0 Å². The molecule has 0 aliphatic rings. The Morgan fingerprint density at radius 1 is 1.00 bits per heavy atom. The van der Waals surface area contributed by atoms with Gasteiger partial charge in [-0.25, -0.2) is 8.42 Å². The zero-order chi connectivity index (χ0) is 20.1. The number of benzene rings is 2. The molecule has 1 amide bonds. The highest BCUT2D eigenvalue weighted by molar-refractivity contribution is 7.91. The molecule has 1 heterocycles. The maximum absolute atomic E-state index is 13.0. The first-order valence-corrected chi connectivity index (χ1v) is 11.2. The molecule has 0 fully saturated rings. The molecule has 2 aromatic carbocycles. The Balaban J connectivity index is 1.85. The van der Waals surface area contributed by atoms with Crippen molar-refractivity contribution >= 4 is 33.0 Å². The number of hydrogen-bond donors (Lipinski definition) is 2. The predicted molar refractivity (Wildman–Crippen MR) is 113 cm³/mol. The standard InChI is InChI=1S/C21H22N2O3S2/c1-15-11-16(2)13-18(12-15)22-21(24)19(14-17-7-4-3-5-8-17)23-28(25,26)20-9-6-10-27-20/h3-13,19,23H,14H2,1-2H3,(H,22,24). The first-order valence-electron chi connectivity index (χ1n) is 8.82. The van der Waals surface area contributed by atoms with Crippen molar-refractivity contribution in [3.8, 4) is 0 Å². The van der Waals surface area contributed by atoms with E-state index >= 15 is 0 Å². The van der Waals surface area contributed by atoms with E-state index in [0.29, 0.717) is 5.69 Å². The van der Waals surface area contributed by atoms with Crippen molar-refractivity contribution in [1.82, 2.24) is 4.72 Å². The van der Waals surface area contributed by atoms with Crippen LogP contribution < -0.4 is 10.0 Å². The third-order valence-electron chi connectivity index (χ3n) is 4.15. The Hall–Kier alpha value is -2.48. The molecular formula is C21H22N2O3S2. The van der Waals surface area contributed by atoms with Crippen LogP contribution in [0.15, 0.2) is 70.3 Å². The van der Waals surface area contributed by atoms with Crippen LogP contribution in [0, 0.1) is 13.8 Å². The molecular weight excluding hydrogens is 392 g/mol. The summed E-state index contributed by atoms with van der Waals surface area (Å²) < 4.78 is 28.1. The van der Waals surface area contributed by atoms with Crippen molar-refractivity contribution in [2.24, 2.45) is 0 Å². The molecule has 0 spiro atoms. The van der Waals surface area contributed by atoms with Gasteiger partial charge in [-0.05, 0) is 60.5 Å². The summed E-state index contributed by atoms with van der Waals surface area (Å²) in [6, 6.07) is 17.3. The first kappa shape index (κ1) is 20.3. The minimum absolute atomic E-state index is 0.185. The van der Waals surface area contributed by atoms with E-state index in [1.807, 2.05) is 62.4 Å². The molecule has 0 bridgehead atoms. The zero-order valence-electron chi connectivity index (χ0n) is 15.7. The Morgan fingerprint density at radius 3 is 2.29 bits per heavy atom. The maximum atomic E-state index is 13.0. The van der Waals surface area contributed by atoms with Crippen LogP contribution >= 0.6 is 11.3 Å². The minimum atomic E-state index is -3.78. The molecule has 5 nitrogen and oxygen atoms in total. The predicted octanol–water partition coefficient (Wildman–Crippen LogP) is 3.89. The highest BCUT2D eigenvalue weighted by Crippen LogP contribution is 2.18. The van der Waals surface area contributed by atoms with Crippen LogP contribution in [-0.2, 0) is 21.2 Å². The lowest BCUT2D eigenvalue weighted by molar-refractivity contribution is -0.117. The highest BCUT2D eigenvalue weighted by atomic mass is 32.2. The number of amides is 1. The molecule has 0 saturated carbocycles. The van der Waals surface area contributed by atoms with Gasteiger partial charge in [-0.3, -0.25) is 4.79 Å². The van der Waals surface area contributed by atoms with E-state index in [1.54, 1.807) is 11.4 Å². The van der Waals surface area contributed by atoms with Gasteiger partial charge in [0.2, 0.25) is 5.91 Å². The summed E-state index contributed by atoms with van der Waals surface area (Å²) in [5, 5.41) is 4.54. The lowest BCUT2D eigenvalue weighted by Gasteiger charge is -2.19. The van der Waals surface area contributed by atoms with Gasteiger partial charge in [0.15, 0.2) is 0 Å². The molecule has 146 valence electrons. The van der Waals surface area contributed by atoms with Gasteiger partial charge in [-0.15, -0.1) is 11.3 Å². The normalized spacial score (nSPS) is 12.5. The highest BCUT2D eigenvalue weighted by Gasteiger charge is 2.27. The molecule has 1 atom stereocenters. The zero-order valence-corrected chi connectivity index (χ0v) is 17.3. The van der Waals surface area contributed by atoms with Crippen molar-refractivity contribution in [1.29, 1.82) is 0 Å². The van der Waals surface area contributed by atoms with Crippen LogP contribution in [0.1, 0.15) is 16.7 Å². The van der Waals surface area contributed by atoms with Crippen LogP contribution in [0.5, 0.6) is 0 Å². The van der Waals surface area contributed by atoms with E-state index in [2.05, 4.69) is 10.0 Å². The largest absolute Gasteiger partial charge is 0.325 e. The molecule has 1 aromatic heterocycles. The number of nitrogens with one attached hydrogen (secondary N) is 2. The Labute approximate surface area is 169 Å². The average molecular weight is 415 g/mol. The van der Waals surface area contributed by atoms with Gasteiger partial charge in [-0.1, -0.05) is 42.5 Å². The van der Waals surface area contributed by atoms with Crippen molar-refractivity contribution in [3.63, 3.8) is 0 Å². The van der Waals surface area contributed by atoms with Gasteiger partial charge < -0.3 is 5.32 Å². The second kappa shape index (κ2) is 8.68. The van der Waals surface area contributed by atoms with Gasteiger partial charge >= 0.3 is 0 Å². The summed E-state index contributed by atoms with van der Waals surface area (Å²) in [4.78, 5) is 13.0. The van der Waals surface area contributed by atoms with E-state index < -0.39 is 22.0 Å². The van der Waals surface area contributed by atoms with Crippen molar-refractivity contribution in [3.05, 3.63) is 82.7 Å². The van der Waals surface area contributed by atoms with Crippen LogP contribution in [0.3, 0.4) is 0 Å². The summed E-state index contributed by atoms with van der Waals surface area (Å²) >= 11 is 1.12. The van der Waals surface area contributed by atoms with Gasteiger partial charge in [0.25, 0.3) is 10.0 Å². The summed E-state index contributed by atoms with van der Waals surface area (Å²) in [6.07, 6.45) is 0.252. The fraction of sp³-hybridized carbons (Fsp3) is 0.190. The van der Waals surface area contributed by atoms with Crippen LogP contribution in [0.25, 0.3) is 0 Å². The smallest absolute Gasteiger partial charge is 0.250 e. The third-order valence-corrected chi connectivity index (χ3v) is 7.01. The van der Waals surface area contributed by atoms with E-state index in [1.165, 1.54) is 6.07 Å². The summed E-state index contributed by atoms with van der Waals surface area (Å²) in [7, 11) is -3.78. The van der Waals surface area contributed by atoms with Crippen LogP contribution in [-0.4, -0.2) is 20.4 Å². The fourth-order valence-corrected chi connectivity index (χ4v) is 5.18. The summed E-state index contributed by atoms with van der Waals surface area (Å²) in [5.41, 5.74) is 3.57. The number of hydrogen-bond acceptors (Lipinski definition) is 4. The monoisotopic (exact) mass is 414 g/mol. The Bertz CT molecular complexity index is 1030. The molecule has 1 unspecified atom stereocenters. The topological polar surface area (TPSA) is 75.3 Å². The van der Waals surface area contributed by atoms with E-state index in [-0.39, 0.29) is 10.6 Å². The second-order valence-electron chi connectivity index (χ2n) is 6.66. The van der Waals surface area contributed by atoms with Crippen molar-refractivity contribution < 1.29 is 13.2 Å². The maximum Gasteiger partial charge on any atom is 0.250 e. The van der Waals surface area contributed by atoms with Crippen LogP contribution in [0.2, 0.25) is 0 Å². The third kappa shape index (κ3) is 5.28. The number of sulfonamides is 1. The molecule has 2 N–H and O–H groups in total. The lowest BCUT2D eigenvalue weighted by atomic mass is 10.1. The number of thiophene rings is 1. The molecule has 3 aromatic rings. The fourth-order valence-electron chi connectivity index (χ4n) is 2.98. The second-order valence-corrected chi connectivity index (χ2v) is 9.55. The Kier molecular flexibility index (Phi) is 6.28. The SMILES string of the molecule is Cc1cc(C)cc(NC(=O)C(Cc2ccccc2)NS(=O)(=O)c2cccs2)c1. The summed E-state index contributed by atoms with van der Waals surface area (Å²) in [6.45, 7) is 3.90. The molecule has 0 aliphatic heterocycles. The average Bonchev–Trinajstić information content (AvgIpc) is 3.16. The number of aryl methyl sites for hydroxylation is 2. The summed E-state index contributed by atoms with van der Waals surface area (Å²) in [5.74, 6) is -0.394. The van der Waals surface area contributed by atoms with Gasteiger partial charge in [0.1, 0.15) is 10.3 Å². The quantitative estimate of drug-likeness (QED) is 0.616. The number of anilines is 1. The van der Waals surface area contributed by atoms with Crippen molar-refractivity contribution in [2.75, 3.05) is 5.32 Å². The first-order chi connectivity index (χ1) is 13.3. The van der Waals surface area contributed by atoms with Crippen molar-refractivity contribution in [2.45, 2.75) is 30.5 Å². The lowest BCUT2D eigenvalue weighted by Crippen LogP contribution is -2.45. The molecule has 7 heteroatoms. The number of carbonyl (C=O) groups excluding carboxylic acids is 1. The number of carbonyl (C=O) groups is 1. The molecule has 28 heavy (non-hydrogen) atoms. The van der Waals surface area contributed by atoms with E-state index in [9.17, 15) is 13.2 Å². The van der Waals surface area contributed by atoms with Gasteiger partial charge in [0, 0.05) is 5.69 Å². The molecule has 3 rings (SSSR count). The van der Waals surface area contributed by atoms with E-state index in [0.717, 1.165) is 28.0 Å². The van der Waals surface area contributed by atoms with Crippen LogP contribution in [0.4, 0.5) is 5.69 Å². The Morgan fingerprint density at radius 2 is 1.68 bits per heavy atom. The molecule has 0 saturated heterocycles. The molecule has 0 aliphatic carbocycles. The van der Waals surface area contributed by atoms with Gasteiger partial charge in [-0.2, -0.15) is 4.72 Å².